The number of thiophene rings is 1. The fourth-order valence-electron chi connectivity index (χ4n) is 2.74. The molecule has 4 rings (SSSR count). The highest BCUT2D eigenvalue weighted by molar-refractivity contribution is 7.99. The molecule has 0 radical (unpaired) electrons. The molecule has 4 aromatic rings. The Kier molecular flexibility index (Phi) is 6.40. The molecule has 2 amide bonds. The zero-order valence-corrected chi connectivity index (χ0v) is 18.2. The van der Waals surface area contributed by atoms with Crippen molar-refractivity contribution in [2.75, 3.05) is 5.75 Å². The van der Waals surface area contributed by atoms with E-state index in [0.29, 0.717) is 31.7 Å². The zero-order chi connectivity index (χ0) is 21.8. The molecule has 0 spiro atoms. The van der Waals surface area contributed by atoms with Gasteiger partial charge in [0.1, 0.15) is 5.76 Å². The summed E-state index contributed by atoms with van der Waals surface area (Å²) in [6.45, 7) is 0.163. The normalized spacial score (nSPS) is 10.9. The Labute approximate surface area is 189 Å². The minimum absolute atomic E-state index is 0.0681. The number of carbonyl (C=O) groups excluding carboxylic acids is 2. The third-order valence-corrected chi connectivity index (χ3v) is 6.25. The number of hydrazine groups is 1. The Balaban J connectivity index is 1.53. The molecule has 3 heterocycles. The predicted molar refractivity (Wildman–Crippen MR) is 119 cm³/mol. The second-order valence-electron chi connectivity index (χ2n) is 6.29. The first-order valence-corrected chi connectivity index (χ1v) is 11.2. The van der Waals surface area contributed by atoms with E-state index in [1.807, 2.05) is 0 Å². The number of hydrogen-bond acceptors (Lipinski definition) is 7. The van der Waals surface area contributed by atoms with Gasteiger partial charge in [-0.05, 0) is 41.8 Å². The van der Waals surface area contributed by atoms with Crippen molar-refractivity contribution in [1.29, 1.82) is 0 Å². The summed E-state index contributed by atoms with van der Waals surface area (Å²) in [5.41, 5.74) is 4.88. The van der Waals surface area contributed by atoms with Crippen molar-refractivity contribution >= 4 is 57.4 Å². The Morgan fingerprint density at radius 3 is 2.81 bits per heavy atom. The molecule has 8 nitrogen and oxygen atoms in total. The van der Waals surface area contributed by atoms with Crippen LogP contribution in [0.1, 0.15) is 15.4 Å². The highest BCUT2D eigenvalue weighted by Gasteiger charge is 2.15. The predicted octanol–water partition coefficient (Wildman–Crippen LogP) is 3.31. The summed E-state index contributed by atoms with van der Waals surface area (Å²) in [6, 6.07) is 11.7. The van der Waals surface area contributed by atoms with Crippen LogP contribution in [0.3, 0.4) is 0 Å². The molecule has 2 N–H and O–H groups in total. The first-order valence-electron chi connectivity index (χ1n) is 8.99. The van der Waals surface area contributed by atoms with Gasteiger partial charge in [-0.25, -0.2) is 4.98 Å². The van der Waals surface area contributed by atoms with Crippen molar-refractivity contribution in [3.63, 3.8) is 0 Å². The molecule has 0 fully saturated rings. The molecule has 11 heteroatoms. The molecule has 0 aliphatic carbocycles. The van der Waals surface area contributed by atoms with Gasteiger partial charge in [-0.2, -0.15) is 0 Å². The topological polar surface area (TPSA) is 106 Å². The molecule has 0 aliphatic rings. The van der Waals surface area contributed by atoms with Gasteiger partial charge in [0.2, 0.25) is 5.91 Å². The van der Waals surface area contributed by atoms with E-state index < -0.39 is 11.8 Å². The molecular weight excluding hydrogens is 460 g/mol. The number of furan rings is 1. The van der Waals surface area contributed by atoms with E-state index in [9.17, 15) is 14.4 Å². The first kappa shape index (κ1) is 21.2. The first-order chi connectivity index (χ1) is 15.0. The number of halogens is 1. The third kappa shape index (κ3) is 4.98. The minimum atomic E-state index is -0.445. The monoisotopic (exact) mass is 474 g/mol. The van der Waals surface area contributed by atoms with Crippen molar-refractivity contribution in [2.45, 2.75) is 11.7 Å². The van der Waals surface area contributed by atoms with Gasteiger partial charge in [-0.1, -0.05) is 29.4 Å². The standard InChI is InChI=1S/C20H15ClN4O4S2/c21-12-5-6-14-15(9-12)22-20(25(19(14)28)10-13-3-1-7-29-13)31-11-17(26)23-24-18(27)16-4-2-8-30-16/h1-9H,10-11H2,(H,23,26)(H,24,27). The van der Waals surface area contributed by atoms with Gasteiger partial charge in [0.15, 0.2) is 5.16 Å². The van der Waals surface area contributed by atoms with Crippen molar-refractivity contribution in [1.82, 2.24) is 20.4 Å². The van der Waals surface area contributed by atoms with E-state index in [2.05, 4.69) is 15.8 Å². The fraction of sp³-hybridized carbons (Fsp3) is 0.100. The third-order valence-electron chi connectivity index (χ3n) is 4.17. The number of nitrogens with one attached hydrogen (secondary N) is 2. The van der Waals surface area contributed by atoms with Gasteiger partial charge < -0.3 is 4.42 Å². The van der Waals surface area contributed by atoms with Gasteiger partial charge in [0, 0.05) is 5.02 Å². The average Bonchev–Trinajstić information content (AvgIpc) is 3.47. The number of nitrogens with zero attached hydrogens (tertiary/aromatic N) is 2. The van der Waals surface area contributed by atoms with Gasteiger partial charge in [0.25, 0.3) is 11.5 Å². The summed E-state index contributed by atoms with van der Waals surface area (Å²) in [7, 11) is 0. The van der Waals surface area contributed by atoms with Crippen LogP contribution in [-0.2, 0) is 11.3 Å². The summed E-state index contributed by atoms with van der Waals surface area (Å²) < 4.78 is 6.80. The molecule has 0 saturated carbocycles. The summed E-state index contributed by atoms with van der Waals surface area (Å²) in [5, 5.41) is 2.96. The Hall–Kier alpha value is -3.08. The number of hydrogen-bond donors (Lipinski definition) is 2. The second kappa shape index (κ2) is 9.38. The van der Waals surface area contributed by atoms with Crippen LogP contribution in [0.25, 0.3) is 10.9 Å². The van der Waals surface area contributed by atoms with E-state index in [1.54, 1.807) is 47.8 Å². The van der Waals surface area contributed by atoms with Crippen LogP contribution >= 0.6 is 34.7 Å². The van der Waals surface area contributed by atoms with Crippen LogP contribution in [-0.4, -0.2) is 27.1 Å². The van der Waals surface area contributed by atoms with Crippen molar-refractivity contribution in [3.05, 3.63) is 80.1 Å². The maximum Gasteiger partial charge on any atom is 0.279 e. The van der Waals surface area contributed by atoms with E-state index in [0.717, 1.165) is 11.8 Å². The van der Waals surface area contributed by atoms with Crippen molar-refractivity contribution in [3.8, 4) is 0 Å². The van der Waals surface area contributed by atoms with E-state index in [-0.39, 0.29) is 17.9 Å². The summed E-state index contributed by atoms with van der Waals surface area (Å²) in [5.74, 6) is -0.338. The van der Waals surface area contributed by atoms with Gasteiger partial charge in [-0.3, -0.25) is 29.8 Å². The van der Waals surface area contributed by atoms with Gasteiger partial charge in [-0.15, -0.1) is 11.3 Å². The maximum absolute atomic E-state index is 13.0. The number of benzene rings is 1. The minimum Gasteiger partial charge on any atom is -0.467 e. The number of rotatable bonds is 6. The lowest BCUT2D eigenvalue weighted by Crippen LogP contribution is -2.42. The lowest BCUT2D eigenvalue weighted by atomic mass is 10.2. The van der Waals surface area contributed by atoms with Crippen LogP contribution in [0.2, 0.25) is 5.02 Å². The smallest absolute Gasteiger partial charge is 0.279 e. The second-order valence-corrected chi connectivity index (χ2v) is 8.62. The van der Waals surface area contributed by atoms with E-state index in [4.69, 9.17) is 16.0 Å². The van der Waals surface area contributed by atoms with Crippen molar-refractivity contribution in [2.24, 2.45) is 0 Å². The Morgan fingerprint density at radius 2 is 2.06 bits per heavy atom. The van der Waals surface area contributed by atoms with Crippen LogP contribution in [0.5, 0.6) is 0 Å². The molecule has 3 aromatic heterocycles. The molecule has 0 saturated heterocycles. The molecule has 0 aliphatic heterocycles. The molecule has 0 unspecified atom stereocenters. The number of amides is 2. The lowest BCUT2D eigenvalue weighted by molar-refractivity contribution is -0.119. The average molecular weight is 475 g/mol. The molecule has 0 atom stereocenters. The highest BCUT2D eigenvalue weighted by Crippen LogP contribution is 2.21. The molecule has 0 bridgehead atoms. The number of aromatic nitrogens is 2. The Morgan fingerprint density at radius 1 is 1.19 bits per heavy atom. The maximum atomic E-state index is 13.0. The van der Waals surface area contributed by atoms with E-state index in [1.165, 1.54) is 22.2 Å². The summed E-state index contributed by atoms with van der Waals surface area (Å²) in [6.07, 6.45) is 1.52. The number of thioether (sulfide) groups is 1. The van der Waals surface area contributed by atoms with Crippen LogP contribution in [0.4, 0.5) is 0 Å². The van der Waals surface area contributed by atoms with Gasteiger partial charge >= 0.3 is 0 Å². The lowest BCUT2D eigenvalue weighted by Gasteiger charge is -2.12. The molecule has 158 valence electrons. The van der Waals surface area contributed by atoms with Crippen LogP contribution in [0, 0.1) is 0 Å². The number of carbonyl (C=O) groups is 2. The van der Waals surface area contributed by atoms with Crippen LogP contribution < -0.4 is 16.4 Å². The van der Waals surface area contributed by atoms with E-state index >= 15 is 0 Å². The molecular formula is C20H15ClN4O4S2. The molecule has 1 aromatic carbocycles. The largest absolute Gasteiger partial charge is 0.467 e. The SMILES string of the molecule is O=C(CSc1nc2cc(Cl)ccc2c(=O)n1Cc1ccco1)NNC(=O)c1cccs1. The summed E-state index contributed by atoms with van der Waals surface area (Å²) >= 11 is 8.38. The van der Waals surface area contributed by atoms with Gasteiger partial charge in [0.05, 0.1) is 34.3 Å². The van der Waals surface area contributed by atoms with Crippen molar-refractivity contribution < 1.29 is 14.0 Å². The van der Waals surface area contributed by atoms with Crippen LogP contribution in [0.15, 0.2) is 68.5 Å². The zero-order valence-electron chi connectivity index (χ0n) is 15.8. The highest BCUT2D eigenvalue weighted by atomic mass is 35.5. The summed E-state index contributed by atoms with van der Waals surface area (Å²) in [4.78, 5) is 42.2. The number of fused-ring (bicyclic) bond motifs is 1. The fourth-order valence-corrected chi connectivity index (χ4v) is 4.33. The quantitative estimate of drug-likeness (QED) is 0.252. The Bertz CT molecular complexity index is 1290. The molecule has 31 heavy (non-hydrogen) atoms.